The highest BCUT2D eigenvalue weighted by molar-refractivity contribution is 6.29. The van der Waals surface area contributed by atoms with Gasteiger partial charge in [-0.1, -0.05) is 48.0 Å². The van der Waals surface area contributed by atoms with Crippen LogP contribution in [0.2, 0.25) is 5.15 Å². The minimum absolute atomic E-state index is 0.405. The minimum atomic E-state index is 0.405. The van der Waals surface area contributed by atoms with Gasteiger partial charge in [0.2, 0.25) is 0 Å². The highest BCUT2D eigenvalue weighted by atomic mass is 35.5. The first-order valence-electron chi connectivity index (χ1n) is 6.54. The fourth-order valence-electron chi connectivity index (χ4n) is 2.35. The Kier molecular flexibility index (Phi) is 3.52. The average molecular weight is 284 g/mol. The van der Waals surface area contributed by atoms with Gasteiger partial charge in [0.15, 0.2) is 11.0 Å². The van der Waals surface area contributed by atoms with Crippen molar-refractivity contribution in [1.29, 1.82) is 0 Å². The highest BCUT2D eigenvalue weighted by Crippen LogP contribution is 2.30. The van der Waals surface area contributed by atoms with Crippen molar-refractivity contribution in [2.75, 3.05) is 11.4 Å². The maximum absolute atomic E-state index is 5.81. The number of aromatic nitrogens is 2. The van der Waals surface area contributed by atoms with Crippen LogP contribution in [0.5, 0.6) is 0 Å². The van der Waals surface area contributed by atoms with Crippen molar-refractivity contribution in [1.82, 2.24) is 10.2 Å². The van der Waals surface area contributed by atoms with Gasteiger partial charge in [-0.25, -0.2) is 0 Å². The van der Waals surface area contributed by atoms with Crippen molar-refractivity contribution >= 4 is 33.9 Å². The maximum atomic E-state index is 5.81. The summed E-state index contributed by atoms with van der Waals surface area (Å²) < 4.78 is 0. The zero-order chi connectivity index (χ0) is 13.9. The van der Waals surface area contributed by atoms with E-state index in [0.29, 0.717) is 5.15 Å². The Hall–Kier alpha value is -2.13. The summed E-state index contributed by atoms with van der Waals surface area (Å²) in [5.41, 5.74) is 1.13. The molecule has 3 aromatic rings. The van der Waals surface area contributed by atoms with E-state index in [9.17, 15) is 0 Å². The third kappa shape index (κ3) is 2.32. The van der Waals surface area contributed by atoms with Crippen molar-refractivity contribution in [3.63, 3.8) is 0 Å². The van der Waals surface area contributed by atoms with Crippen molar-refractivity contribution in [3.8, 4) is 0 Å². The SMILES string of the molecule is CCN(c1ccc(Cl)nn1)c1cccc2ccccc12. The second-order valence-electron chi connectivity index (χ2n) is 4.46. The van der Waals surface area contributed by atoms with Crippen LogP contribution in [0.1, 0.15) is 6.92 Å². The van der Waals surface area contributed by atoms with E-state index >= 15 is 0 Å². The summed E-state index contributed by atoms with van der Waals surface area (Å²) in [5.74, 6) is 0.799. The molecule has 0 saturated heterocycles. The smallest absolute Gasteiger partial charge is 0.155 e. The average Bonchev–Trinajstić information content (AvgIpc) is 2.50. The molecule has 0 spiro atoms. The Morgan fingerprint density at radius 2 is 1.75 bits per heavy atom. The highest BCUT2D eigenvalue weighted by Gasteiger charge is 2.12. The Morgan fingerprint density at radius 1 is 0.950 bits per heavy atom. The van der Waals surface area contributed by atoms with Crippen molar-refractivity contribution < 1.29 is 0 Å². The predicted molar refractivity (Wildman–Crippen MR) is 83.7 cm³/mol. The van der Waals surface area contributed by atoms with Crippen LogP contribution in [0.25, 0.3) is 10.8 Å². The predicted octanol–water partition coefficient (Wildman–Crippen LogP) is 4.44. The van der Waals surface area contributed by atoms with Gasteiger partial charge in [0.05, 0.1) is 5.69 Å². The van der Waals surface area contributed by atoms with Crippen LogP contribution >= 0.6 is 11.6 Å². The molecule has 0 bridgehead atoms. The fourth-order valence-corrected chi connectivity index (χ4v) is 2.45. The largest absolute Gasteiger partial charge is 0.325 e. The molecule has 1 heterocycles. The van der Waals surface area contributed by atoms with Crippen molar-refractivity contribution in [2.24, 2.45) is 0 Å². The molecule has 0 aliphatic heterocycles. The first kappa shape index (κ1) is 12.9. The van der Waals surface area contributed by atoms with Crippen LogP contribution in [-0.2, 0) is 0 Å². The number of benzene rings is 2. The van der Waals surface area contributed by atoms with Gasteiger partial charge in [0.1, 0.15) is 0 Å². The molecular weight excluding hydrogens is 270 g/mol. The van der Waals surface area contributed by atoms with Gasteiger partial charge in [0, 0.05) is 11.9 Å². The summed E-state index contributed by atoms with van der Waals surface area (Å²) in [6, 6.07) is 18.2. The molecule has 100 valence electrons. The number of hydrogen-bond donors (Lipinski definition) is 0. The summed E-state index contributed by atoms with van der Waals surface area (Å²) in [6.07, 6.45) is 0. The summed E-state index contributed by atoms with van der Waals surface area (Å²) in [4.78, 5) is 2.13. The Bertz CT molecular complexity index is 720. The lowest BCUT2D eigenvalue weighted by atomic mass is 10.1. The molecule has 3 rings (SSSR count). The lowest BCUT2D eigenvalue weighted by Gasteiger charge is -2.23. The number of halogens is 1. The van der Waals surface area contributed by atoms with Gasteiger partial charge in [0.25, 0.3) is 0 Å². The van der Waals surface area contributed by atoms with E-state index in [1.54, 1.807) is 6.07 Å². The molecular formula is C16H14ClN3. The Morgan fingerprint density at radius 3 is 2.50 bits per heavy atom. The maximum Gasteiger partial charge on any atom is 0.155 e. The molecule has 0 N–H and O–H groups in total. The number of fused-ring (bicyclic) bond motifs is 1. The molecule has 0 atom stereocenters. The second kappa shape index (κ2) is 5.47. The third-order valence-corrected chi connectivity index (χ3v) is 3.47. The van der Waals surface area contributed by atoms with E-state index in [-0.39, 0.29) is 0 Å². The van der Waals surface area contributed by atoms with Gasteiger partial charge in [-0.15, -0.1) is 10.2 Å². The molecule has 1 aromatic heterocycles. The topological polar surface area (TPSA) is 29.0 Å². The monoisotopic (exact) mass is 283 g/mol. The van der Waals surface area contributed by atoms with Crippen LogP contribution in [0.3, 0.4) is 0 Å². The molecule has 4 heteroatoms. The number of rotatable bonds is 3. The van der Waals surface area contributed by atoms with Gasteiger partial charge in [-0.2, -0.15) is 0 Å². The summed E-state index contributed by atoms with van der Waals surface area (Å²) in [7, 11) is 0. The van der Waals surface area contributed by atoms with E-state index < -0.39 is 0 Å². The quantitative estimate of drug-likeness (QED) is 0.711. The van der Waals surface area contributed by atoms with Gasteiger partial charge in [-0.05, 0) is 30.5 Å². The van der Waals surface area contributed by atoms with Crippen LogP contribution in [-0.4, -0.2) is 16.7 Å². The van der Waals surface area contributed by atoms with Crippen LogP contribution in [0.15, 0.2) is 54.6 Å². The molecule has 0 aliphatic rings. The first-order chi connectivity index (χ1) is 9.79. The van der Waals surface area contributed by atoms with Crippen LogP contribution < -0.4 is 4.90 Å². The standard InChI is InChI=1S/C16H14ClN3/c1-2-20(16-11-10-15(17)18-19-16)14-9-5-7-12-6-3-4-8-13(12)14/h3-11H,2H2,1H3. The first-order valence-corrected chi connectivity index (χ1v) is 6.92. The van der Waals surface area contributed by atoms with Crippen LogP contribution in [0.4, 0.5) is 11.5 Å². The molecule has 0 fully saturated rings. The molecule has 0 radical (unpaired) electrons. The second-order valence-corrected chi connectivity index (χ2v) is 4.84. The van der Waals surface area contributed by atoms with E-state index in [1.807, 2.05) is 18.2 Å². The Balaban J connectivity index is 2.14. The zero-order valence-corrected chi connectivity index (χ0v) is 11.9. The molecule has 0 aliphatic carbocycles. The third-order valence-electron chi connectivity index (χ3n) is 3.27. The Labute approximate surface area is 122 Å². The molecule has 20 heavy (non-hydrogen) atoms. The van der Waals surface area contributed by atoms with Gasteiger partial charge >= 0.3 is 0 Å². The summed E-state index contributed by atoms with van der Waals surface area (Å²) in [5, 5.41) is 10.9. The molecule has 0 saturated carbocycles. The summed E-state index contributed by atoms with van der Waals surface area (Å²) in [6.45, 7) is 2.91. The van der Waals surface area contributed by atoms with Crippen molar-refractivity contribution in [2.45, 2.75) is 6.92 Å². The number of hydrogen-bond acceptors (Lipinski definition) is 3. The fraction of sp³-hybridized carbons (Fsp3) is 0.125. The summed E-state index contributed by atoms with van der Waals surface area (Å²) >= 11 is 5.81. The normalized spacial score (nSPS) is 10.7. The lowest BCUT2D eigenvalue weighted by molar-refractivity contribution is 0.935. The number of anilines is 2. The van der Waals surface area contributed by atoms with E-state index in [2.05, 4.69) is 52.4 Å². The molecule has 0 unspecified atom stereocenters. The number of nitrogens with zero attached hydrogens (tertiary/aromatic N) is 3. The molecule has 3 nitrogen and oxygen atoms in total. The molecule has 0 amide bonds. The minimum Gasteiger partial charge on any atom is -0.325 e. The lowest BCUT2D eigenvalue weighted by Crippen LogP contribution is -2.18. The van der Waals surface area contributed by atoms with E-state index in [4.69, 9.17) is 11.6 Å². The van der Waals surface area contributed by atoms with Gasteiger partial charge in [-0.3, -0.25) is 0 Å². The van der Waals surface area contributed by atoms with E-state index in [1.165, 1.54) is 10.8 Å². The zero-order valence-electron chi connectivity index (χ0n) is 11.1. The van der Waals surface area contributed by atoms with Gasteiger partial charge < -0.3 is 4.90 Å². The van der Waals surface area contributed by atoms with Crippen molar-refractivity contribution in [3.05, 3.63) is 59.8 Å². The van der Waals surface area contributed by atoms with Crippen LogP contribution in [0, 0.1) is 0 Å². The molecule has 2 aromatic carbocycles. The van der Waals surface area contributed by atoms with E-state index in [0.717, 1.165) is 18.1 Å².